The quantitative estimate of drug-likeness (QED) is 0.686. The highest BCUT2D eigenvalue weighted by molar-refractivity contribution is 5.86. The Kier molecular flexibility index (Phi) is 1.85. The fourth-order valence-electron chi connectivity index (χ4n) is 1.73. The summed E-state index contributed by atoms with van der Waals surface area (Å²) in [7, 11) is 0. The Hall–Kier alpha value is -1.28. The van der Waals surface area contributed by atoms with Gasteiger partial charge in [0.1, 0.15) is 0 Å². The third-order valence-electron chi connectivity index (χ3n) is 2.39. The van der Waals surface area contributed by atoms with Crippen LogP contribution >= 0.6 is 0 Å². The lowest BCUT2D eigenvalue weighted by Crippen LogP contribution is -1.89. The minimum atomic E-state index is -0.408. The first-order valence-electron chi connectivity index (χ1n) is 4.45. The maximum absolute atomic E-state index is 9.52. The molecule has 0 aliphatic carbocycles. The molecule has 2 N–H and O–H groups in total. The van der Waals surface area contributed by atoms with Crippen LogP contribution < -0.4 is 0 Å². The number of hydrogen-bond acceptors (Lipinski definition) is 1. The zero-order valence-corrected chi connectivity index (χ0v) is 7.83. The summed E-state index contributed by atoms with van der Waals surface area (Å²) in [5.41, 5.74) is 3.28. The van der Waals surface area contributed by atoms with Gasteiger partial charge in [-0.2, -0.15) is 0 Å². The summed E-state index contributed by atoms with van der Waals surface area (Å²) in [5, 5.41) is 10.7. The number of fused-ring (bicyclic) bond motifs is 1. The molecule has 0 aliphatic rings. The molecule has 1 atom stereocenters. The molecule has 0 spiro atoms. The topological polar surface area (TPSA) is 36.0 Å². The first-order valence-corrected chi connectivity index (χ1v) is 4.45. The lowest BCUT2D eigenvalue weighted by Gasteiger charge is -2.03. The molecule has 1 heterocycles. The van der Waals surface area contributed by atoms with E-state index >= 15 is 0 Å². The second-order valence-corrected chi connectivity index (χ2v) is 3.42. The molecule has 2 aromatic rings. The Morgan fingerprint density at radius 1 is 1.38 bits per heavy atom. The molecule has 13 heavy (non-hydrogen) atoms. The largest absolute Gasteiger partial charge is 0.389 e. The number of benzene rings is 1. The number of aromatic amines is 1. The molecule has 2 nitrogen and oxygen atoms in total. The van der Waals surface area contributed by atoms with E-state index in [0.717, 1.165) is 16.5 Å². The van der Waals surface area contributed by atoms with Gasteiger partial charge < -0.3 is 10.1 Å². The molecule has 0 saturated carbocycles. The maximum atomic E-state index is 9.52. The van der Waals surface area contributed by atoms with Gasteiger partial charge in [0.25, 0.3) is 0 Å². The van der Waals surface area contributed by atoms with Gasteiger partial charge >= 0.3 is 0 Å². The molecular formula is C11H13NO. The predicted octanol–water partition coefficient (Wildman–Crippen LogP) is 2.53. The number of rotatable bonds is 1. The predicted molar refractivity (Wildman–Crippen MR) is 53.7 cm³/mol. The van der Waals surface area contributed by atoms with Gasteiger partial charge in [0.15, 0.2) is 0 Å². The molecule has 0 amide bonds. The van der Waals surface area contributed by atoms with Crippen LogP contribution in [-0.2, 0) is 0 Å². The van der Waals surface area contributed by atoms with Gasteiger partial charge in [-0.1, -0.05) is 12.1 Å². The maximum Gasteiger partial charge on any atom is 0.0782 e. The summed E-state index contributed by atoms with van der Waals surface area (Å²) in [6.45, 7) is 3.84. The van der Waals surface area contributed by atoms with E-state index in [1.165, 1.54) is 5.56 Å². The molecule has 1 aromatic carbocycles. The van der Waals surface area contributed by atoms with E-state index in [2.05, 4.69) is 18.0 Å². The van der Waals surface area contributed by atoms with Crippen molar-refractivity contribution in [1.82, 2.24) is 4.98 Å². The highest BCUT2D eigenvalue weighted by Crippen LogP contribution is 2.26. The Morgan fingerprint density at radius 3 is 2.85 bits per heavy atom. The van der Waals surface area contributed by atoms with Gasteiger partial charge in [-0.15, -0.1) is 0 Å². The number of H-pyrrole nitrogens is 1. The second kappa shape index (κ2) is 2.89. The molecule has 0 fully saturated rings. The van der Waals surface area contributed by atoms with Crippen molar-refractivity contribution < 1.29 is 5.11 Å². The molecule has 0 radical (unpaired) electrons. The third kappa shape index (κ3) is 1.23. The molecule has 0 aliphatic heterocycles. The number of aliphatic hydroxyl groups excluding tert-OH is 1. The monoisotopic (exact) mass is 175 g/mol. The van der Waals surface area contributed by atoms with Crippen LogP contribution in [0.4, 0.5) is 0 Å². The van der Waals surface area contributed by atoms with E-state index in [9.17, 15) is 5.11 Å². The fourth-order valence-corrected chi connectivity index (χ4v) is 1.73. The van der Waals surface area contributed by atoms with Crippen LogP contribution in [0.25, 0.3) is 10.9 Å². The zero-order valence-electron chi connectivity index (χ0n) is 7.83. The summed E-state index contributed by atoms with van der Waals surface area (Å²) < 4.78 is 0. The van der Waals surface area contributed by atoms with Gasteiger partial charge in [0.2, 0.25) is 0 Å². The first-order chi connectivity index (χ1) is 6.20. The van der Waals surface area contributed by atoms with Crippen LogP contribution in [0.3, 0.4) is 0 Å². The third-order valence-corrected chi connectivity index (χ3v) is 2.39. The Labute approximate surface area is 77.2 Å². The van der Waals surface area contributed by atoms with Crippen molar-refractivity contribution in [2.24, 2.45) is 0 Å². The van der Waals surface area contributed by atoms with Crippen molar-refractivity contribution in [2.75, 3.05) is 0 Å². The smallest absolute Gasteiger partial charge is 0.0782 e. The molecular weight excluding hydrogens is 162 g/mol. The average molecular weight is 175 g/mol. The van der Waals surface area contributed by atoms with E-state index in [1.54, 1.807) is 6.92 Å². The first kappa shape index (κ1) is 8.32. The van der Waals surface area contributed by atoms with E-state index in [4.69, 9.17) is 0 Å². The Morgan fingerprint density at radius 2 is 2.15 bits per heavy atom. The number of aryl methyl sites for hydroxylation is 1. The van der Waals surface area contributed by atoms with Gasteiger partial charge in [-0.05, 0) is 25.5 Å². The van der Waals surface area contributed by atoms with E-state index < -0.39 is 6.10 Å². The lowest BCUT2D eigenvalue weighted by molar-refractivity contribution is 0.201. The molecule has 1 aromatic heterocycles. The average Bonchev–Trinajstić information content (AvgIpc) is 2.49. The minimum absolute atomic E-state index is 0.408. The highest BCUT2D eigenvalue weighted by atomic mass is 16.3. The van der Waals surface area contributed by atoms with Gasteiger partial charge in [-0.3, -0.25) is 0 Å². The van der Waals surface area contributed by atoms with Gasteiger partial charge in [-0.25, -0.2) is 0 Å². The van der Waals surface area contributed by atoms with Crippen molar-refractivity contribution in [3.05, 3.63) is 35.5 Å². The molecule has 0 unspecified atom stereocenters. The summed E-state index contributed by atoms with van der Waals surface area (Å²) >= 11 is 0. The summed E-state index contributed by atoms with van der Waals surface area (Å²) in [4.78, 5) is 3.15. The molecule has 0 bridgehead atoms. The fraction of sp³-hybridized carbons (Fsp3) is 0.273. The SMILES string of the molecule is Cc1cccc2[nH]cc([C@H](C)O)c12. The van der Waals surface area contributed by atoms with Crippen molar-refractivity contribution in [3.63, 3.8) is 0 Å². The zero-order chi connectivity index (χ0) is 9.42. The second-order valence-electron chi connectivity index (χ2n) is 3.42. The van der Waals surface area contributed by atoms with Crippen molar-refractivity contribution in [2.45, 2.75) is 20.0 Å². The normalized spacial score (nSPS) is 13.5. The van der Waals surface area contributed by atoms with Gasteiger partial charge in [0.05, 0.1) is 6.10 Å². The van der Waals surface area contributed by atoms with Crippen LogP contribution in [0.2, 0.25) is 0 Å². The number of hydrogen-bond donors (Lipinski definition) is 2. The summed E-state index contributed by atoms with van der Waals surface area (Å²) in [5.74, 6) is 0. The van der Waals surface area contributed by atoms with Crippen molar-refractivity contribution >= 4 is 10.9 Å². The Balaban J connectivity index is 2.79. The molecule has 2 rings (SSSR count). The molecule has 68 valence electrons. The van der Waals surface area contributed by atoms with E-state index in [-0.39, 0.29) is 0 Å². The number of aliphatic hydroxyl groups is 1. The van der Waals surface area contributed by atoms with Gasteiger partial charge in [0, 0.05) is 22.7 Å². The van der Waals surface area contributed by atoms with Crippen molar-refractivity contribution in [1.29, 1.82) is 0 Å². The minimum Gasteiger partial charge on any atom is -0.389 e. The lowest BCUT2D eigenvalue weighted by atomic mass is 10.0. The standard InChI is InChI=1S/C11H13NO/c1-7-4-3-5-10-11(7)9(6-12-10)8(2)13/h3-6,8,12-13H,1-2H3/t8-/m0/s1. The van der Waals surface area contributed by atoms with Crippen molar-refractivity contribution in [3.8, 4) is 0 Å². The van der Waals surface area contributed by atoms with Crippen LogP contribution in [-0.4, -0.2) is 10.1 Å². The summed E-state index contributed by atoms with van der Waals surface area (Å²) in [6.07, 6.45) is 1.47. The summed E-state index contributed by atoms with van der Waals surface area (Å²) in [6, 6.07) is 6.09. The number of nitrogens with one attached hydrogen (secondary N) is 1. The van der Waals surface area contributed by atoms with Crippen LogP contribution in [0.1, 0.15) is 24.2 Å². The van der Waals surface area contributed by atoms with Crippen LogP contribution in [0.5, 0.6) is 0 Å². The highest BCUT2D eigenvalue weighted by Gasteiger charge is 2.09. The molecule has 2 heteroatoms. The Bertz CT molecular complexity index is 429. The van der Waals surface area contributed by atoms with Crippen LogP contribution in [0, 0.1) is 6.92 Å². The molecule has 0 saturated heterocycles. The number of aromatic nitrogens is 1. The van der Waals surface area contributed by atoms with Crippen LogP contribution in [0.15, 0.2) is 24.4 Å². The van der Waals surface area contributed by atoms with E-state index in [1.807, 2.05) is 18.3 Å². The van der Waals surface area contributed by atoms with E-state index in [0.29, 0.717) is 0 Å².